The van der Waals surface area contributed by atoms with Gasteiger partial charge in [-0.05, 0) is 29.7 Å². The Labute approximate surface area is 191 Å². The third kappa shape index (κ3) is 4.91. The molecule has 1 aliphatic rings. The maximum absolute atomic E-state index is 14.3. The lowest BCUT2D eigenvalue weighted by molar-refractivity contribution is -0.114. The molecule has 1 aliphatic carbocycles. The van der Waals surface area contributed by atoms with Gasteiger partial charge in [-0.3, -0.25) is 17.9 Å². The minimum absolute atomic E-state index is 0.212. The summed E-state index contributed by atoms with van der Waals surface area (Å²) in [6.07, 6.45) is 4.49. The number of anilines is 2. The molecule has 33 heavy (non-hydrogen) atoms. The van der Waals surface area contributed by atoms with Gasteiger partial charge in [0.25, 0.3) is 0 Å². The van der Waals surface area contributed by atoms with E-state index in [9.17, 15) is 22.7 Å². The van der Waals surface area contributed by atoms with Crippen molar-refractivity contribution in [3.05, 3.63) is 89.2 Å². The van der Waals surface area contributed by atoms with Crippen LogP contribution in [0, 0.1) is 5.82 Å². The Morgan fingerprint density at radius 1 is 1.18 bits per heavy atom. The number of amides is 1. The monoisotopic (exact) mass is 467 g/mol. The van der Waals surface area contributed by atoms with Gasteiger partial charge in [-0.15, -0.1) is 0 Å². The molecule has 0 fully saturated rings. The summed E-state index contributed by atoms with van der Waals surface area (Å²) in [4.78, 5) is 27.2. The molecule has 0 saturated heterocycles. The molecule has 8 nitrogen and oxygen atoms in total. The second-order valence-electron chi connectivity index (χ2n) is 7.52. The van der Waals surface area contributed by atoms with Crippen molar-refractivity contribution in [2.45, 2.75) is 25.4 Å². The fourth-order valence-corrected chi connectivity index (χ4v) is 4.48. The molecular formula is C23H20FN4O4S-. The summed E-state index contributed by atoms with van der Waals surface area (Å²) in [7, 11) is 0. The molecule has 4 rings (SSSR count). The summed E-state index contributed by atoms with van der Waals surface area (Å²) in [6.45, 7) is 1.18. The van der Waals surface area contributed by atoms with Gasteiger partial charge in [-0.1, -0.05) is 54.6 Å². The van der Waals surface area contributed by atoms with Crippen LogP contribution in [0.4, 0.5) is 15.9 Å². The first-order chi connectivity index (χ1) is 15.8. The lowest BCUT2D eigenvalue weighted by atomic mass is 10.0. The molecule has 2 aromatic carbocycles. The molecule has 0 saturated carbocycles. The molecule has 0 spiro atoms. The molecule has 0 radical (unpaired) electrons. The molecule has 1 aromatic heterocycles. The van der Waals surface area contributed by atoms with Crippen LogP contribution >= 0.6 is 0 Å². The number of benzene rings is 2. The Balaban J connectivity index is 1.60. The predicted octanol–water partition coefficient (Wildman–Crippen LogP) is 3.18. The van der Waals surface area contributed by atoms with E-state index in [1.54, 1.807) is 30.4 Å². The van der Waals surface area contributed by atoms with E-state index in [1.165, 1.54) is 11.2 Å². The summed E-state index contributed by atoms with van der Waals surface area (Å²) < 4.78 is 41.0. The molecule has 170 valence electrons. The molecule has 10 heteroatoms. The second kappa shape index (κ2) is 9.47. The van der Waals surface area contributed by atoms with E-state index in [-0.39, 0.29) is 6.42 Å². The van der Waals surface area contributed by atoms with Crippen LogP contribution in [0.1, 0.15) is 19.4 Å². The van der Waals surface area contributed by atoms with Crippen molar-refractivity contribution >= 4 is 28.7 Å². The molecule has 0 bridgehead atoms. The minimum Gasteiger partial charge on any atom is -0.755 e. The number of aromatic nitrogens is 2. The van der Waals surface area contributed by atoms with Crippen molar-refractivity contribution in [1.82, 2.24) is 9.55 Å². The molecule has 3 atom stereocenters. The van der Waals surface area contributed by atoms with Gasteiger partial charge in [0.1, 0.15) is 0 Å². The fraction of sp³-hybridized carbons (Fsp3) is 0.174. The minimum atomic E-state index is -2.59. The number of carbonyl (C=O) groups excluding carboxylic acids is 1. The van der Waals surface area contributed by atoms with Crippen LogP contribution < -0.4 is 15.3 Å². The normalized spacial score (nSPS) is 18.2. The van der Waals surface area contributed by atoms with E-state index in [2.05, 4.69) is 10.3 Å². The molecule has 1 N–H and O–H groups in total. The molecule has 1 amide bonds. The first kappa shape index (κ1) is 22.6. The van der Waals surface area contributed by atoms with Crippen LogP contribution in [-0.2, 0) is 16.1 Å². The predicted molar refractivity (Wildman–Crippen MR) is 123 cm³/mol. The highest BCUT2D eigenvalue weighted by molar-refractivity contribution is 7.80. The van der Waals surface area contributed by atoms with Gasteiger partial charge in [-0.25, -0.2) is 9.18 Å². The van der Waals surface area contributed by atoms with E-state index in [4.69, 9.17) is 0 Å². The standard InChI is InChI=1S/C23H21FN4O4S/c1-15(29)25-22-21(24)14-27(23(30)26-22)18-10-11-20(13-18)28(33(31)32)19-9-5-8-17(12-19)16-6-3-2-4-7-16/h2-12,14,18,20H,13H2,1H3,(H,31,32)(H,25,26,29,30)/p-1. The fourth-order valence-electron chi connectivity index (χ4n) is 3.82. The van der Waals surface area contributed by atoms with Gasteiger partial charge >= 0.3 is 5.69 Å². The van der Waals surface area contributed by atoms with E-state index in [0.717, 1.165) is 21.9 Å². The highest BCUT2D eigenvalue weighted by Gasteiger charge is 2.28. The van der Waals surface area contributed by atoms with Crippen LogP contribution in [0.5, 0.6) is 0 Å². The number of halogens is 1. The highest BCUT2D eigenvalue weighted by atomic mass is 32.2. The van der Waals surface area contributed by atoms with E-state index < -0.39 is 46.6 Å². The third-order valence-corrected chi connectivity index (χ3v) is 6.07. The Morgan fingerprint density at radius 2 is 1.91 bits per heavy atom. The first-order valence-electron chi connectivity index (χ1n) is 10.1. The summed E-state index contributed by atoms with van der Waals surface area (Å²) >= 11 is -2.59. The summed E-state index contributed by atoms with van der Waals surface area (Å²) in [5.74, 6) is -1.85. The van der Waals surface area contributed by atoms with Crippen LogP contribution in [0.15, 0.2) is 77.7 Å². The highest BCUT2D eigenvalue weighted by Crippen LogP contribution is 2.32. The van der Waals surface area contributed by atoms with E-state index in [1.807, 2.05) is 36.4 Å². The number of nitrogens with zero attached hydrogens (tertiary/aromatic N) is 3. The summed E-state index contributed by atoms with van der Waals surface area (Å²) in [6, 6.07) is 15.5. The number of allylic oxidation sites excluding steroid dienone is 1. The smallest absolute Gasteiger partial charge is 0.350 e. The average Bonchev–Trinajstić information content (AvgIpc) is 3.25. The van der Waals surface area contributed by atoms with Crippen LogP contribution in [0.3, 0.4) is 0 Å². The Bertz CT molecular complexity index is 1300. The van der Waals surface area contributed by atoms with E-state index >= 15 is 0 Å². The maximum atomic E-state index is 14.3. The largest absolute Gasteiger partial charge is 0.755 e. The number of carbonyl (C=O) groups is 1. The van der Waals surface area contributed by atoms with Gasteiger partial charge in [0, 0.05) is 30.1 Å². The lowest BCUT2D eigenvalue weighted by Gasteiger charge is -2.32. The zero-order valence-corrected chi connectivity index (χ0v) is 18.4. The average molecular weight is 468 g/mol. The van der Waals surface area contributed by atoms with Crippen molar-refractivity contribution in [2.24, 2.45) is 0 Å². The third-order valence-electron chi connectivity index (χ3n) is 5.27. The zero-order valence-electron chi connectivity index (χ0n) is 17.6. The number of hydrogen-bond acceptors (Lipinski definition) is 5. The first-order valence-corrected chi connectivity index (χ1v) is 11.2. The van der Waals surface area contributed by atoms with Gasteiger partial charge in [0.05, 0.1) is 12.1 Å². The molecule has 0 aliphatic heterocycles. The molecule has 3 unspecified atom stereocenters. The van der Waals surface area contributed by atoms with Crippen molar-refractivity contribution in [3.8, 4) is 11.1 Å². The van der Waals surface area contributed by atoms with Gasteiger partial charge in [0.15, 0.2) is 11.6 Å². The summed E-state index contributed by atoms with van der Waals surface area (Å²) in [5, 5.41) is 2.17. The van der Waals surface area contributed by atoms with Crippen LogP contribution in [0.2, 0.25) is 0 Å². The molecular weight excluding hydrogens is 447 g/mol. The molecule has 1 heterocycles. The SMILES string of the molecule is CC(=O)Nc1nc(=O)n(C2C=CC(N(c3cccc(-c4ccccc4)c3)S(=O)[O-])C2)cc1F. The number of rotatable bonds is 6. The van der Waals surface area contributed by atoms with Gasteiger partial charge in [-0.2, -0.15) is 4.98 Å². The lowest BCUT2D eigenvalue weighted by Crippen LogP contribution is -2.36. The quantitative estimate of drug-likeness (QED) is 0.443. The zero-order chi connectivity index (χ0) is 23.5. The number of hydrogen-bond donors (Lipinski definition) is 1. The van der Waals surface area contributed by atoms with Crippen molar-refractivity contribution in [3.63, 3.8) is 0 Å². The Hall–Kier alpha value is -3.63. The van der Waals surface area contributed by atoms with Crippen molar-refractivity contribution in [1.29, 1.82) is 0 Å². The maximum Gasteiger partial charge on any atom is 0.350 e. The van der Waals surface area contributed by atoms with E-state index in [0.29, 0.717) is 5.69 Å². The Kier molecular flexibility index (Phi) is 6.47. The van der Waals surface area contributed by atoms with Crippen LogP contribution in [0.25, 0.3) is 11.1 Å². The molecule has 3 aromatic rings. The summed E-state index contributed by atoms with van der Waals surface area (Å²) in [5.41, 5.74) is 1.52. The van der Waals surface area contributed by atoms with Crippen molar-refractivity contribution < 1.29 is 17.9 Å². The Morgan fingerprint density at radius 3 is 2.61 bits per heavy atom. The van der Waals surface area contributed by atoms with Gasteiger partial charge in [0.2, 0.25) is 5.91 Å². The van der Waals surface area contributed by atoms with Crippen LogP contribution in [-0.4, -0.2) is 30.3 Å². The van der Waals surface area contributed by atoms with Crippen molar-refractivity contribution in [2.75, 3.05) is 9.62 Å². The van der Waals surface area contributed by atoms with Gasteiger partial charge < -0.3 is 9.87 Å². The second-order valence-corrected chi connectivity index (χ2v) is 8.35. The topological polar surface area (TPSA) is 107 Å². The number of nitrogens with one attached hydrogen (secondary N) is 1.